The maximum atomic E-state index is 12.4. The first kappa shape index (κ1) is 12.8. The highest BCUT2D eigenvalue weighted by Crippen LogP contribution is 2.26. The standard InChI is InChI=1S/C13H24N2O2/c1-9-3-6-15(10(9)2)13(16)12(14)11-4-7-17-8-5-11/h9-12H,3-8,14H2,1-2H3. The fourth-order valence-electron chi connectivity index (χ4n) is 2.87. The van der Waals surface area contributed by atoms with Crippen LogP contribution < -0.4 is 5.73 Å². The molecule has 0 radical (unpaired) electrons. The number of amides is 1. The summed E-state index contributed by atoms with van der Waals surface area (Å²) in [6.07, 6.45) is 2.95. The van der Waals surface area contributed by atoms with Crippen LogP contribution in [-0.4, -0.2) is 42.6 Å². The highest BCUT2D eigenvalue weighted by molar-refractivity contribution is 5.82. The highest BCUT2D eigenvalue weighted by atomic mass is 16.5. The van der Waals surface area contributed by atoms with Gasteiger partial charge in [-0.3, -0.25) is 4.79 Å². The van der Waals surface area contributed by atoms with Crippen molar-refractivity contribution >= 4 is 5.91 Å². The van der Waals surface area contributed by atoms with E-state index in [1.165, 1.54) is 0 Å². The molecule has 0 saturated carbocycles. The molecule has 2 fully saturated rings. The largest absolute Gasteiger partial charge is 0.381 e. The zero-order valence-corrected chi connectivity index (χ0v) is 10.9. The van der Waals surface area contributed by atoms with Gasteiger partial charge in [-0.25, -0.2) is 0 Å². The van der Waals surface area contributed by atoms with Gasteiger partial charge in [0.05, 0.1) is 6.04 Å². The molecule has 1 amide bonds. The first-order chi connectivity index (χ1) is 8.11. The number of nitrogens with zero attached hydrogens (tertiary/aromatic N) is 1. The number of rotatable bonds is 2. The van der Waals surface area contributed by atoms with Crippen LogP contribution >= 0.6 is 0 Å². The van der Waals surface area contributed by atoms with Crippen molar-refractivity contribution < 1.29 is 9.53 Å². The summed E-state index contributed by atoms with van der Waals surface area (Å²) in [5.74, 6) is 1.05. The first-order valence-electron chi connectivity index (χ1n) is 6.75. The van der Waals surface area contributed by atoms with Crippen molar-refractivity contribution in [1.29, 1.82) is 0 Å². The van der Waals surface area contributed by atoms with Gasteiger partial charge >= 0.3 is 0 Å². The molecule has 17 heavy (non-hydrogen) atoms. The van der Waals surface area contributed by atoms with Gasteiger partial charge in [0.1, 0.15) is 0 Å². The molecule has 98 valence electrons. The molecule has 0 aromatic rings. The number of nitrogens with two attached hydrogens (primary N) is 1. The second kappa shape index (κ2) is 5.36. The molecular weight excluding hydrogens is 216 g/mol. The third-order valence-corrected chi connectivity index (χ3v) is 4.48. The van der Waals surface area contributed by atoms with Gasteiger partial charge in [-0.1, -0.05) is 6.92 Å². The van der Waals surface area contributed by atoms with Crippen molar-refractivity contribution in [2.75, 3.05) is 19.8 Å². The molecule has 0 aliphatic carbocycles. The molecule has 4 nitrogen and oxygen atoms in total. The molecule has 0 aromatic carbocycles. The lowest BCUT2D eigenvalue weighted by Gasteiger charge is -2.32. The maximum Gasteiger partial charge on any atom is 0.240 e. The van der Waals surface area contributed by atoms with E-state index in [0.717, 1.165) is 39.0 Å². The van der Waals surface area contributed by atoms with Crippen LogP contribution in [0.25, 0.3) is 0 Å². The average molecular weight is 240 g/mol. The van der Waals surface area contributed by atoms with Gasteiger partial charge in [0, 0.05) is 25.8 Å². The minimum Gasteiger partial charge on any atom is -0.381 e. The van der Waals surface area contributed by atoms with E-state index in [2.05, 4.69) is 13.8 Å². The van der Waals surface area contributed by atoms with Gasteiger partial charge in [-0.15, -0.1) is 0 Å². The predicted molar refractivity (Wildman–Crippen MR) is 66.5 cm³/mol. The van der Waals surface area contributed by atoms with E-state index in [1.54, 1.807) is 0 Å². The summed E-state index contributed by atoms with van der Waals surface area (Å²) in [7, 11) is 0. The van der Waals surface area contributed by atoms with Gasteiger partial charge in [0.2, 0.25) is 5.91 Å². The van der Waals surface area contributed by atoms with Gasteiger partial charge < -0.3 is 15.4 Å². The van der Waals surface area contributed by atoms with E-state index in [-0.39, 0.29) is 11.9 Å². The van der Waals surface area contributed by atoms with Crippen LogP contribution in [0, 0.1) is 11.8 Å². The SMILES string of the molecule is CC1CCN(C(=O)C(N)C2CCOCC2)C1C. The Bertz CT molecular complexity index is 277. The van der Waals surface area contributed by atoms with Crippen molar-refractivity contribution in [2.24, 2.45) is 17.6 Å². The Balaban J connectivity index is 1.94. The molecule has 2 rings (SSSR count). The predicted octanol–water partition coefficient (Wildman–Crippen LogP) is 0.997. The number of likely N-dealkylation sites (tertiary alicyclic amines) is 1. The zero-order valence-electron chi connectivity index (χ0n) is 10.9. The monoisotopic (exact) mass is 240 g/mol. The van der Waals surface area contributed by atoms with Gasteiger partial charge in [0.25, 0.3) is 0 Å². The van der Waals surface area contributed by atoms with Crippen molar-refractivity contribution in [3.63, 3.8) is 0 Å². The van der Waals surface area contributed by atoms with Gasteiger partial charge in [0.15, 0.2) is 0 Å². The van der Waals surface area contributed by atoms with Crippen molar-refractivity contribution in [3.05, 3.63) is 0 Å². The summed E-state index contributed by atoms with van der Waals surface area (Å²) < 4.78 is 5.31. The molecule has 2 N–H and O–H groups in total. The molecule has 0 bridgehead atoms. The van der Waals surface area contributed by atoms with Crippen molar-refractivity contribution in [3.8, 4) is 0 Å². The third-order valence-electron chi connectivity index (χ3n) is 4.48. The molecule has 0 spiro atoms. The number of carbonyl (C=O) groups excluding carboxylic acids is 1. The summed E-state index contributed by atoms with van der Waals surface area (Å²) in [6.45, 7) is 6.71. The Morgan fingerprint density at radius 2 is 1.94 bits per heavy atom. The summed E-state index contributed by atoms with van der Waals surface area (Å²) in [5, 5.41) is 0. The van der Waals surface area contributed by atoms with Crippen molar-refractivity contribution in [1.82, 2.24) is 4.90 Å². The van der Waals surface area contributed by atoms with E-state index in [1.807, 2.05) is 4.90 Å². The summed E-state index contributed by atoms with van der Waals surface area (Å²) >= 11 is 0. The topological polar surface area (TPSA) is 55.6 Å². The number of carbonyl (C=O) groups is 1. The summed E-state index contributed by atoms with van der Waals surface area (Å²) in [6, 6.07) is 0.0139. The Morgan fingerprint density at radius 1 is 1.29 bits per heavy atom. The Morgan fingerprint density at radius 3 is 2.47 bits per heavy atom. The zero-order chi connectivity index (χ0) is 12.4. The highest BCUT2D eigenvalue weighted by Gasteiger charge is 2.36. The minimum absolute atomic E-state index is 0.147. The van der Waals surface area contributed by atoms with Crippen LogP contribution in [0.4, 0.5) is 0 Å². The van der Waals surface area contributed by atoms with Crippen molar-refractivity contribution in [2.45, 2.75) is 45.2 Å². The molecule has 3 unspecified atom stereocenters. The molecule has 4 heteroatoms. The Hall–Kier alpha value is -0.610. The van der Waals surface area contributed by atoms with E-state index >= 15 is 0 Å². The van der Waals surface area contributed by atoms with Crippen LogP contribution in [0.1, 0.15) is 33.1 Å². The minimum atomic E-state index is -0.327. The van der Waals surface area contributed by atoms with Gasteiger partial charge in [-0.05, 0) is 38.0 Å². The molecule has 2 saturated heterocycles. The second-order valence-corrected chi connectivity index (χ2v) is 5.51. The summed E-state index contributed by atoms with van der Waals surface area (Å²) in [5.41, 5.74) is 6.13. The summed E-state index contributed by atoms with van der Waals surface area (Å²) in [4.78, 5) is 14.3. The van der Waals surface area contributed by atoms with E-state index in [4.69, 9.17) is 10.5 Å². The quantitative estimate of drug-likeness (QED) is 0.783. The molecular formula is C13H24N2O2. The average Bonchev–Trinajstić information content (AvgIpc) is 2.69. The molecule has 2 aliphatic rings. The molecule has 2 aliphatic heterocycles. The van der Waals surface area contributed by atoms with Crippen LogP contribution in [0.5, 0.6) is 0 Å². The molecule has 3 atom stereocenters. The van der Waals surface area contributed by atoms with Crippen LogP contribution in [-0.2, 0) is 9.53 Å². The van der Waals surface area contributed by atoms with Crippen LogP contribution in [0.15, 0.2) is 0 Å². The lowest BCUT2D eigenvalue weighted by molar-refractivity contribution is -0.135. The smallest absolute Gasteiger partial charge is 0.240 e. The third kappa shape index (κ3) is 2.63. The van der Waals surface area contributed by atoms with Crippen LogP contribution in [0.3, 0.4) is 0 Å². The van der Waals surface area contributed by atoms with E-state index in [9.17, 15) is 4.79 Å². The fourth-order valence-corrected chi connectivity index (χ4v) is 2.87. The Labute approximate surface area is 103 Å². The van der Waals surface area contributed by atoms with E-state index < -0.39 is 0 Å². The molecule has 2 heterocycles. The maximum absolute atomic E-state index is 12.4. The Kier molecular flexibility index (Phi) is 4.05. The number of ether oxygens (including phenoxy) is 1. The van der Waals surface area contributed by atoms with Crippen LogP contribution in [0.2, 0.25) is 0 Å². The first-order valence-corrected chi connectivity index (χ1v) is 6.75. The number of hydrogen-bond acceptors (Lipinski definition) is 3. The van der Waals surface area contributed by atoms with Gasteiger partial charge in [-0.2, -0.15) is 0 Å². The lowest BCUT2D eigenvalue weighted by atomic mass is 9.91. The van der Waals surface area contributed by atoms with E-state index in [0.29, 0.717) is 17.9 Å². The number of hydrogen-bond donors (Lipinski definition) is 1. The fraction of sp³-hybridized carbons (Fsp3) is 0.923. The molecule has 0 aromatic heterocycles. The lowest BCUT2D eigenvalue weighted by Crippen LogP contribution is -2.50. The second-order valence-electron chi connectivity index (χ2n) is 5.51. The normalized spacial score (nSPS) is 32.8.